The second-order valence-electron chi connectivity index (χ2n) is 3.36. The Bertz CT molecular complexity index is 337. The maximum atomic E-state index is 5.55. The van der Waals surface area contributed by atoms with Crippen molar-refractivity contribution in [3.63, 3.8) is 0 Å². The minimum Gasteiger partial charge on any atom is -0.495 e. The predicted molar refractivity (Wildman–Crippen MR) is 62.9 cm³/mol. The van der Waals surface area contributed by atoms with Crippen molar-refractivity contribution in [2.75, 3.05) is 13.7 Å². The summed E-state index contributed by atoms with van der Waals surface area (Å²) < 4.78 is 6.36. The van der Waals surface area contributed by atoms with Crippen molar-refractivity contribution in [2.24, 2.45) is 5.73 Å². The van der Waals surface area contributed by atoms with E-state index in [1.54, 1.807) is 7.11 Å². The zero-order valence-electron chi connectivity index (χ0n) is 8.86. The molecule has 0 aliphatic heterocycles. The topological polar surface area (TPSA) is 35.2 Å². The summed E-state index contributed by atoms with van der Waals surface area (Å²) in [6.07, 6.45) is 0.912. The zero-order valence-corrected chi connectivity index (χ0v) is 10.4. The molecule has 0 aromatic heterocycles. The Kier molecular flexibility index (Phi) is 3.96. The minimum atomic E-state index is 0.680. The van der Waals surface area contributed by atoms with Crippen molar-refractivity contribution >= 4 is 15.9 Å². The van der Waals surface area contributed by atoms with Crippen molar-refractivity contribution in [1.29, 1.82) is 0 Å². The number of rotatable bonds is 3. The summed E-state index contributed by atoms with van der Waals surface area (Å²) in [6.45, 7) is 4.80. The highest BCUT2D eigenvalue weighted by Gasteiger charge is 2.10. The molecule has 0 saturated heterocycles. The summed E-state index contributed by atoms with van der Waals surface area (Å²) in [4.78, 5) is 0. The van der Waals surface area contributed by atoms with E-state index >= 15 is 0 Å². The molecule has 0 aliphatic rings. The summed E-state index contributed by atoms with van der Waals surface area (Å²) in [6, 6.07) is 2.14. The van der Waals surface area contributed by atoms with Gasteiger partial charge in [-0.1, -0.05) is 6.07 Å². The van der Waals surface area contributed by atoms with Gasteiger partial charge in [-0.25, -0.2) is 0 Å². The molecule has 2 nitrogen and oxygen atoms in total. The maximum absolute atomic E-state index is 5.55. The summed E-state index contributed by atoms with van der Waals surface area (Å²) in [5, 5.41) is 0. The predicted octanol–water partition coefficient (Wildman–Crippen LogP) is 2.58. The highest BCUT2D eigenvalue weighted by atomic mass is 79.9. The van der Waals surface area contributed by atoms with E-state index in [1.807, 2.05) is 6.92 Å². The Morgan fingerprint density at radius 2 is 2.07 bits per heavy atom. The van der Waals surface area contributed by atoms with Gasteiger partial charge >= 0.3 is 0 Å². The standard InChI is InChI=1S/C11H16BrNO/c1-7-6-9(4-5-13)8(2)10(12)11(7)14-3/h6H,4-5,13H2,1-3H3. The second kappa shape index (κ2) is 4.80. The van der Waals surface area contributed by atoms with Crippen LogP contribution in [0.4, 0.5) is 0 Å². The zero-order chi connectivity index (χ0) is 10.7. The Hall–Kier alpha value is -0.540. The molecule has 0 atom stereocenters. The first-order valence-electron chi connectivity index (χ1n) is 4.64. The molecule has 3 heteroatoms. The third-order valence-electron chi connectivity index (χ3n) is 2.38. The maximum Gasteiger partial charge on any atom is 0.136 e. The number of benzene rings is 1. The molecule has 0 unspecified atom stereocenters. The molecule has 1 aromatic rings. The van der Waals surface area contributed by atoms with Gasteiger partial charge in [0.15, 0.2) is 0 Å². The number of hydrogen-bond donors (Lipinski definition) is 1. The van der Waals surface area contributed by atoms with Crippen LogP contribution >= 0.6 is 15.9 Å². The Labute approximate surface area is 93.6 Å². The second-order valence-corrected chi connectivity index (χ2v) is 4.16. The normalized spacial score (nSPS) is 10.4. The van der Waals surface area contributed by atoms with Crippen LogP contribution in [0.25, 0.3) is 0 Å². The van der Waals surface area contributed by atoms with Gasteiger partial charge in [0.25, 0.3) is 0 Å². The van der Waals surface area contributed by atoms with Gasteiger partial charge in [0, 0.05) is 0 Å². The fraction of sp³-hybridized carbons (Fsp3) is 0.455. The third-order valence-corrected chi connectivity index (χ3v) is 3.33. The van der Waals surface area contributed by atoms with E-state index in [9.17, 15) is 0 Å². The van der Waals surface area contributed by atoms with Crippen LogP contribution in [0.1, 0.15) is 16.7 Å². The van der Waals surface area contributed by atoms with E-state index in [0.717, 1.165) is 22.2 Å². The summed E-state index contributed by atoms with van der Waals surface area (Å²) in [5.74, 6) is 0.920. The number of halogens is 1. The summed E-state index contributed by atoms with van der Waals surface area (Å²) >= 11 is 3.55. The van der Waals surface area contributed by atoms with Gasteiger partial charge in [0.2, 0.25) is 0 Å². The van der Waals surface area contributed by atoms with Crippen LogP contribution in [0.2, 0.25) is 0 Å². The molecule has 0 heterocycles. The van der Waals surface area contributed by atoms with E-state index in [-0.39, 0.29) is 0 Å². The first-order valence-corrected chi connectivity index (χ1v) is 5.43. The molecule has 1 rings (SSSR count). The van der Waals surface area contributed by atoms with Crippen LogP contribution in [0, 0.1) is 13.8 Å². The van der Waals surface area contributed by atoms with Crippen molar-refractivity contribution in [1.82, 2.24) is 0 Å². The number of nitrogens with two attached hydrogens (primary N) is 1. The fourth-order valence-corrected chi connectivity index (χ4v) is 2.31. The minimum absolute atomic E-state index is 0.680. The van der Waals surface area contributed by atoms with Crippen LogP contribution in [-0.2, 0) is 6.42 Å². The van der Waals surface area contributed by atoms with Gasteiger partial charge in [-0.2, -0.15) is 0 Å². The van der Waals surface area contributed by atoms with E-state index in [4.69, 9.17) is 10.5 Å². The molecule has 14 heavy (non-hydrogen) atoms. The molecule has 0 radical (unpaired) electrons. The first-order chi connectivity index (χ1) is 6.61. The molecule has 0 aliphatic carbocycles. The number of hydrogen-bond acceptors (Lipinski definition) is 2. The van der Waals surface area contributed by atoms with Crippen molar-refractivity contribution in [2.45, 2.75) is 20.3 Å². The molecular weight excluding hydrogens is 242 g/mol. The van der Waals surface area contributed by atoms with Crippen LogP contribution in [0.3, 0.4) is 0 Å². The first kappa shape index (κ1) is 11.5. The third kappa shape index (κ3) is 2.10. The molecule has 0 spiro atoms. The van der Waals surface area contributed by atoms with E-state index < -0.39 is 0 Å². The molecule has 2 N–H and O–H groups in total. The van der Waals surface area contributed by atoms with Crippen molar-refractivity contribution < 1.29 is 4.74 Å². The number of methoxy groups -OCH3 is 1. The molecule has 78 valence electrons. The lowest BCUT2D eigenvalue weighted by Gasteiger charge is -2.13. The van der Waals surface area contributed by atoms with Gasteiger partial charge in [0.05, 0.1) is 11.6 Å². The van der Waals surface area contributed by atoms with Crippen LogP contribution < -0.4 is 10.5 Å². The molecule has 1 aromatic carbocycles. The molecular formula is C11H16BrNO. The average Bonchev–Trinajstić information content (AvgIpc) is 2.15. The molecule has 0 saturated carbocycles. The molecule has 0 fully saturated rings. The van der Waals surface area contributed by atoms with Gasteiger partial charge in [-0.05, 0) is 59.4 Å². The Balaban J connectivity index is 3.25. The van der Waals surface area contributed by atoms with Crippen molar-refractivity contribution in [3.8, 4) is 5.75 Å². The number of aryl methyl sites for hydroxylation is 1. The van der Waals surface area contributed by atoms with Gasteiger partial charge in [-0.3, -0.25) is 0 Å². The highest BCUT2D eigenvalue weighted by molar-refractivity contribution is 9.10. The average molecular weight is 258 g/mol. The monoisotopic (exact) mass is 257 g/mol. The number of ether oxygens (including phenoxy) is 1. The van der Waals surface area contributed by atoms with E-state index in [2.05, 4.69) is 28.9 Å². The summed E-state index contributed by atoms with van der Waals surface area (Å²) in [7, 11) is 1.69. The lowest BCUT2D eigenvalue weighted by Crippen LogP contribution is -2.05. The lowest BCUT2D eigenvalue weighted by molar-refractivity contribution is 0.408. The summed E-state index contributed by atoms with van der Waals surface area (Å²) in [5.41, 5.74) is 9.21. The smallest absolute Gasteiger partial charge is 0.136 e. The fourth-order valence-electron chi connectivity index (χ4n) is 1.59. The quantitative estimate of drug-likeness (QED) is 0.904. The SMILES string of the molecule is COc1c(C)cc(CCN)c(C)c1Br. The largest absolute Gasteiger partial charge is 0.495 e. The Morgan fingerprint density at radius 1 is 1.43 bits per heavy atom. The molecule has 0 bridgehead atoms. The van der Waals surface area contributed by atoms with Gasteiger partial charge < -0.3 is 10.5 Å². The van der Waals surface area contributed by atoms with Crippen LogP contribution in [0.5, 0.6) is 5.75 Å². The van der Waals surface area contributed by atoms with Crippen LogP contribution in [0.15, 0.2) is 10.5 Å². The van der Waals surface area contributed by atoms with E-state index in [1.165, 1.54) is 11.1 Å². The Morgan fingerprint density at radius 3 is 2.57 bits per heavy atom. The lowest BCUT2D eigenvalue weighted by atomic mass is 10.0. The highest BCUT2D eigenvalue weighted by Crippen LogP contribution is 2.34. The van der Waals surface area contributed by atoms with Gasteiger partial charge in [-0.15, -0.1) is 0 Å². The van der Waals surface area contributed by atoms with Crippen LogP contribution in [-0.4, -0.2) is 13.7 Å². The van der Waals surface area contributed by atoms with Crippen molar-refractivity contribution in [3.05, 3.63) is 27.2 Å². The van der Waals surface area contributed by atoms with E-state index in [0.29, 0.717) is 6.54 Å². The van der Waals surface area contributed by atoms with Gasteiger partial charge in [0.1, 0.15) is 5.75 Å². The molecule has 0 amide bonds.